The molecule has 1 fully saturated rings. The summed E-state index contributed by atoms with van der Waals surface area (Å²) in [6.45, 7) is 1.91. The molecule has 17 heavy (non-hydrogen) atoms. The molecule has 0 bridgehead atoms. The fourth-order valence-corrected chi connectivity index (χ4v) is 2.95. The smallest absolute Gasteiger partial charge is 0.223 e. The predicted molar refractivity (Wildman–Crippen MR) is 70.6 cm³/mol. The highest BCUT2D eigenvalue weighted by Gasteiger charge is 2.31. The topological polar surface area (TPSA) is 72.2 Å². The second-order valence-corrected chi connectivity index (χ2v) is 5.68. The van der Waals surface area contributed by atoms with Crippen LogP contribution in [0.25, 0.3) is 0 Å². The number of thioether (sulfide) groups is 1. The van der Waals surface area contributed by atoms with Crippen LogP contribution >= 0.6 is 11.8 Å². The fourth-order valence-electron chi connectivity index (χ4n) is 2.29. The minimum absolute atomic E-state index is 0.0135. The maximum absolute atomic E-state index is 11.9. The number of amides is 2. The van der Waals surface area contributed by atoms with Crippen molar-refractivity contribution >= 4 is 23.6 Å². The van der Waals surface area contributed by atoms with E-state index in [4.69, 9.17) is 5.73 Å². The Kier molecular flexibility index (Phi) is 5.82. The minimum Gasteiger partial charge on any atom is -0.369 e. The van der Waals surface area contributed by atoms with Crippen molar-refractivity contribution in [1.29, 1.82) is 0 Å². The van der Waals surface area contributed by atoms with Gasteiger partial charge in [0.15, 0.2) is 0 Å². The van der Waals surface area contributed by atoms with E-state index in [1.165, 1.54) is 0 Å². The van der Waals surface area contributed by atoms with E-state index in [2.05, 4.69) is 5.32 Å². The van der Waals surface area contributed by atoms with Gasteiger partial charge in [-0.25, -0.2) is 0 Å². The molecule has 1 aliphatic rings. The SMILES string of the molecule is CSC[C@H](C)C(=O)N[C@@H]1CCCC[C@H]1C(N)=O. The monoisotopic (exact) mass is 258 g/mol. The van der Waals surface area contributed by atoms with Gasteiger partial charge in [0.2, 0.25) is 11.8 Å². The lowest BCUT2D eigenvalue weighted by atomic mass is 9.84. The quantitative estimate of drug-likeness (QED) is 0.777. The first-order valence-corrected chi connectivity index (χ1v) is 7.54. The molecular weight excluding hydrogens is 236 g/mol. The van der Waals surface area contributed by atoms with Crippen molar-refractivity contribution in [2.24, 2.45) is 17.6 Å². The van der Waals surface area contributed by atoms with Crippen LogP contribution in [0.15, 0.2) is 0 Å². The Hall–Kier alpha value is -0.710. The molecule has 2 amide bonds. The van der Waals surface area contributed by atoms with Crippen molar-refractivity contribution in [2.75, 3.05) is 12.0 Å². The maximum atomic E-state index is 11.9. The average Bonchev–Trinajstić information content (AvgIpc) is 2.29. The lowest BCUT2D eigenvalue weighted by Gasteiger charge is -2.30. The van der Waals surface area contributed by atoms with Crippen LogP contribution in [0.1, 0.15) is 32.6 Å². The van der Waals surface area contributed by atoms with E-state index in [1.54, 1.807) is 11.8 Å². The van der Waals surface area contributed by atoms with Crippen molar-refractivity contribution in [3.63, 3.8) is 0 Å². The van der Waals surface area contributed by atoms with Crippen LogP contribution in [0.4, 0.5) is 0 Å². The molecule has 1 aliphatic carbocycles. The van der Waals surface area contributed by atoms with E-state index in [0.29, 0.717) is 0 Å². The summed E-state index contributed by atoms with van der Waals surface area (Å²) in [5, 5.41) is 2.98. The highest BCUT2D eigenvalue weighted by atomic mass is 32.2. The van der Waals surface area contributed by atoms with Gasteiger partial charge in [0, 0.05) is 17.7 Å². The van der Waals surface area contributed by atoms with Crippen LogP contribution in [-0.4, -0.2) is 29.9 Å². The van der Waals surface area contributed by atoms with E-state index in [-0.39, 0.29) is 29.7 Å². The van der Waals surface area contributed by atoms with Gasteiger partial charge in [0.05, 0.1) is 5.92 Å². The first kappa shape index (κ1) is 14.4. The Bertz CT molecular complexity index is 284. The molecule has 0 aromatic rings. The molecule has 98 valence electrons. The largest absolute Gasteiger partial charge is 0.369 e. The Morgan fingerprint density at radius 2 is 2.06 bits per heavy atom. The van der Waals surface area contributed by atoms with Crippen LogP contribution in [0.5, 0.6) is 0 Å². The van der Waals surface area contributed by atoms with Crippen LogP contribution in [0, 0.1) is 11.8 Å². The summed E-state index contributed by atoms with van der Waals surface area (Å²) in [6.07, 6.45) is 5.74. The first-order chi connectivity index (χ1) is 8.06. The molecule has 3 N–H and O–H groups in total. The number of nitrogens with two attached hydrogens (primary N) is 1. The summed E-state index contributed by atoms with van der Waals surface area (Å²) in [6, 6.07) is -0.0574. The standard InChI is InChI=1S/C12H22N2O2S/c1-8(7-17-2)12(16)14-10-6-4-3-5-9(10)11(13)15/h8-10H,3-7H2,1-2H3,(H2,13,15)(H,14,16)/t8-,9+,10+/m0/s1. The summed E-state index contributed by atoms with van der Waals surface area (Å²) >= 11 is 1.65. The third-order valence-corrected chi connectivity index (χ3v) is 4.16. The van der Waals surface area contributed by atoms with Crippen molar-refractivity contribution in [2.45, 2.75) is 38.6 Å². The summed E-state index contributed by atoms with van der Waals surface area (Å²) in [5.41, 5.74) is 5.37. The summed E-state index contributed by atoms with van der Waals surface area (Å²) in [7, 11) is 0. The number of carbonyl (C=O) groups excluding carboxylic acids is 2. The molecule has 0 aliphatic heterocycles. The molecule has 3 atom stereocenters. The summed E-state index contributed by atoms with van der Waals surface area (Å²) in [4.78, 5) is 23.2. The Morgan fingerprint density at radius 3 is 2.65 bits per heavy atom. The van der Waals surface area contributed by atoms with Gasteiger partial charge in [0.25, 0.3) is 0 Å². The molecule has 1 rings (SSSR count). The molecule has 5 heteroatoms. The van der Waals surface area contributed by atoms with Crippen molar-refractivity contribution in [3.05, 3.63) is 0 Å². The van der Waals surface area contributed by atoms with Gasteiger partial charge in [-0.15, -0.1) is 0 Å². The number of primary amides is 1. The number of nitrogens with one attached hydrogen (secondary N) is 1. The van der Waals surface area contributed by atoms with E-state index in [1.807, 2.05) is 13.2 Å². The van der Waals surface area contributed by atoms with Gasteiger partial charge in [-0.05, 0) is 19.1 Å². The Labute approximate surface area is 107 Å². The van der Waals surface area contributed by atoms with Crippen LogP contribution in [0.3, 0.4) is 0 Å². The highest BCUT2D eigenvalue weighted by molar-refractivity contribution is 7.98. The van der Waals surface area contributed by atoms with Gasteiger partial charge < -0.3 is 11.1 Å². The minimum atomic E-state index is -0.285. The third kappa shape index (κ3) is 4.22. The fraction of sp³-hybridized carbons (Fsp3) is 0.833. The van der Waals surface area contributed by atoms with Crippen LogP contribution in [0.2, 0.25) is 0 Å². The average molecular weight is 258 g/mol. The highest BCUT2D eigenvalue weighted by Crippen LogP contribution is 2.24. The van der Waals surface area contributed by atoms with Gasteiger partial charge in [0.1, 0.15) is 0 Å². The summed E-state index contributed by atoms with van der Waals surface area (Å²) in [5.74, 6) is 0.361. The first-order valence-electron chi connectivity index (χ1n) is 6.15. The van der Waals surface area contributed by atoms with Crippen molar-refractivity contribution in [1.82, 2.24) is 5.32 Å². The lowest BCUT2D eigenvalue weighted by molar-refractivity contribution is -0.127. The second kappa shape index (κ2) is 6.89. The lowest BCUT2D eigenvalue weighted by Crippen LogP contribution is -2.48. The maximum Gasteiger partial charge on any atom is 0.223 e. The zero-order valence-electron chi connectivity index (χ0n) is 10.6. The molecule has 0 radical (unpaired) electrons. The van der Waals surface area contributed by atoms with E-state index >= 15 is 0 Å². The molecule has 1 saturated carbocycles. The van der Waals surface area contributed by atoms with E-state index < -0.39 is 0 Å². The normalized spacial score (nSPS) is 26.2. The van der Waals surface area contributed by atoms with Crippen molar-refractivity contribution < 1.29 is 9.59 Å². The number of hydrogen-bond donors (Lipinski definition) is 2. The van der Waals surface area contributed by atoms with Gasteiger partial charge in [-0.2, -0.15) is 11.8 Å². The molecule has 0 saturated heterocycles. The Balaban J connectivity index is 2.52. The van der Waals surface area contributed by atoms with Crippen LogP contribution < -0.4 is 11.1 Å². The molecule has 0 spiro atoms. The zero-order chi connectivity index (χ0) is 12.8. The van der Waals surface area contributed by atoms with Gasteiger partial charge >= 0.3 is 0 Å². The molecule has 0 aromatic carbocycles. The number of hydrogen-bond acceptors (Lipinski definition) is 3. The van der Waals surface area contributed by atoms with E-state index in [0.717, 1.165) is 31.4 Å². The number of rotatable bonds is 5. The molecular formula is C12H22N2O2S. The Morgan fingerprint density at radius 1 is 1.41 bits per heavy atom. The number of carbonyl (C=O) groups is 2. The predicted octanol–water partition coefficient (Wildman–Crippen LogP) is 1.15. The van der Waals surface area contributed by atoms with Gasteiger partial charge in [-0.3, -0.25) is 9.59 Å². The second-order valence-electron chi connectivity index (χ2n) is 4.76. The molecule has 0 unspecified atom stereocenters. The van der Waals surface area contributed by atoms with Gasteiger partial charge in [-0.1, -0.05) is 19.8 Å². The molecule has 0 heterocycles. The third-order valence-electron chi connectivity index (χ3n) is 3.32. The molecule has 4 nitrogen and oxygen atoms in total. The van der Waals surface area contributed by atoms with Crippen LogP contribution in [-0.2, 0) is 9.59 Å². The molecule has 0 aromatic heterocycles. The summed E-state index contributed by atoms with van der Waals surface area (Å²) < 4.78 is 0. The van der Waals surface area contributed by atoms with E-state index in [9.17, 15) is 9.59 Å². The van der Waals surface area contributed by atoms with Crippen molar-refractivity contribution in [3.8, 4) is 0 Å². The zero-order valence-corrected chi connectivity index (χ0v) is 11.4.